The Labute approximate surface area is 194 Å². The number of rotatable bonds is 6. The predicted octanol–water partition coefficient (Wildman–Crippen LogP) is 2.91. The molecule has 0 unspecified atom stereocenters. The van der Waals surface area contributed by atoms with Gasteiger partial charge in [0.25, 0.3) is 0 Å². The molecule has 0 aliphatic heterocycles. The molecule has 4 rings (SSSR count). The molecule has 1 saturated carbocycles. The SMILES string of the molecule is C[C@@H](OC(=O)Nc1c(-c2ccc(NC(=O)[C@H]3C[C@@H](N)C3)cn2)nnn1C)c1cccnc1Cl. The number of nitrogens with two attached hydrogens (primary N) is 1. The average Bonchev–Trinajstić information content (AvgIpc) is 3.12. The number of hydrogen-bond donors (Lipinski definition) is 3. The lowest BCUT2D eigenvalue weighted by Gasteiger charge is -2.30. The van der Waals surface area contributed by atoms with Gasteiger partial charge in [0.2, 0.25) is 5.91 Å². The third-order valence-electron chi connectivity index (χ3n) is 5.38. The minimum atomic E-state index is -0.711. The van der Waals surface area contributed by atoms with Crippen LogP contribution in [0.3, 0.4) is 0 Å². The van der Waals surface area contributed by atoms with E-state index in [1.54, 1.807) is 44.4 Å². The topological polar surface area (TPSA) is 150 Å². The van der Waals surface area contributed by atoms with Crippen molar-refractivity contribution in [2.45, 2.75) is 31.9 Å². The van der Waals surface area contributed by atoms with Crippen molar-refractivity contribution in [1.29, 1.82) is 0 Å². The number of ether oxygens (including phenoxy) is 1. The number of nitrogens with zero attached hydrogens (tertiary/aromatic N) is 5. The smallest absolute Gasteiger partial charge is 0.413 e. The molecular formula is C21H23ClN8O3. The molecule has 1 aliphatic carbocycles. The second-order valence-electron chi connectivity index (χ2n) is 7.82. The minimum Gasteiger partial charge on any atom is -0.441 e. The van der Waals surface area contributed by atoms with Gasteiger partial charge in [0.1, 0.15) is 11.3 Å². The summed E-state index contributed by atoms with van der Waals surface area (Å²) >= 11 is 6.07. The molecule has 1 fully saturated rings. The van der Waals surface area contributed by atoms with Crippen LogP contribution in [0.2, 0.25) is 5.15 Å². The van der Waals surface area contributed by atoms with Gasteiger partial charge in [-0.3, -0.25) is 15.1 Å². The zero-order valence-electron chi connectivity index (χ0n) is 18.0. The maximum absolute atomic E-state index is 12.5. The van der Waals surface area contributed by atoms with Crippen LogP contribution in [0.4, 0.5) is 16.3 Å². The molecule has 11 nitrogen and oxygen atoms in total. The van der Waals surface area contributed by atoms with Crippen LogP contribution >= 0.6 is 11.6 Å². The highest BCUT2D eigenvalue weighted by Crippen LogP contribution is 2.28. The van der Waals surface area contributed by atoms with Gasteiger partial charge in [-0.25, -0.2) is 14.5 Å². The fourth-order valence-corrected chi connectivity index (χ4v) is 3.72. The van der Waals surface area contributed by atoms with Crippen molar-refractivity contribution in [3.8, 4) is 11.4 Å². The van der Waals surface area contributed by atoms with E-state index < -0.39 is 12.2 Å². The molecule has 33 heavy (non-hydrogen) atoms. The summed E-state index contributed by atoms with van der Waals surface area (Å²) in [6.07, 6.45) is 3.12. The van der Waals surface area contributed by atoms with Gasteiger partial charge in [-0.15, -0.1) is 5.10 Å². The Balaban J connectivity index is 1.42. The first-order valence-electron chi connectivity index (χ1n) is 10.3. The van der Waals surface area contributed by atoms with Crippen molar-refractivity contribution >= 4 is 35.1 Å². The summed E-state index contributed by atoms with van der Waals surface area (Å²) in [5.41, 5.74) is 7.70. The molecule has 172 valence electrons. The van der Waals surface area contributed by atoms with Gasteiger partial charge in [-0.05, 0) is 38.0 Å². The second-order valence-corrected chi connectivity index (χ2v) is 8.17. The summed E-state index contributed by atoms with van der Waals surface area (Å²) in [5, 5.41) is 13.8. The summed E-state index contributed by atoms with van der Waals surface area (Å²) < 4.78 is 6.82. The van der Waals surface area contributed by atoms with Crippen LogP contribution in [0.1, 0.15) is 31.4 Å². The van der Waals surface area contributed by atoms with Gasteiger partial charge < -0.3 is 15.8 Å². The second kappa shape index (κ2) is 9.51. The third-order valence-corrected chi connectivity index (χ3v) is 5.69. The van der Waals surface area contributed by atoms with Crippen LogP contribution in [0.15, 0.2) is 36.7 Å². The molecule has 0 radical (unpaired) electrons. The highest BCUT2D eigenvalue weighted by atomic mass is 35.5. The maximum atomic E-state index is 12.5. The molecule has 1 aliphatic rings. The van der Waals surface area contributed by atoms with Crippen molar-refractivity contribution in [2.75, 3.05) is 10.6 Å². The van der Waals surface area contributed by atoms with Gasteiger partial charge >= 0.3 is 6.09 Å². The number of halogens is 1. The number of carbonyl (C=O) groups is 2. The van der Waals surface area contributed by atoms with E-state index in [0.29, 0.717) is 41.3 Å². The van der Waals surface area contributed by atoms with Gasteiger partial charge in [-0.1, -0.05) is 22.9 Å². The lowest BCUT2D eigenvalue weighted by molar-refractivity contribution is -0.122. The summed E-state index contributed by atoms with van der Waals surface area (Å²) in [7, 11) is 1.63. The highest BCUT2D eigenvalue weighted by Gasteiger charge is 2.32. The van der Waals surface area contributed by atoms with Crippen molar-refractivity contribution in [2.24, 2.45) is 18.7 Å². The maximum Gasteiger partial charge on any atom is 0.413 e. The first-order chi connectivity index (χ1) is 15.8. The summed E-state index contributed by atoms with van der Waals surface area (Å²) in [4.78, 5) is 33.0. The van der Waals surface area contributed by atoms with E-state index in [-0.39, 0.29) is 23.0 Å². The van der Waals surface area contributed by atoms with Crippen molar-refractivity contribution in [3.05, 3.63) is 47.4 Å². The lowest BCUT2D eigenvalue weighted by Crippen LogP contribution is -2.42. The number of aryl methyl sites for hydroxylation is 1. The Bertz CT molecular complexity index is 1160. The van der Waals surface area contributed by atoms with E-state index in [1.807, 2.05) is 0 Å². The molecule has 2 amide bonds. The molecular weight excluding hydrogens is 448 g/mol. The lowest BCUT2D eigenvalue weighted by atomic mass is 9.80. The number of amides is 2. The molecule has 0 aromatic carbocycles. The van der Waals surface area contributed by atoms with E-state index in [4.69, 9.17) is 22.1 Å². The van der Waals surface area contributed by atoms with Crippen LogP contribution in [-0.4, -0.2) is 43.0 Å². The molecule has 3 aromatic heterocycles. The number of aromatic nitrogens is 5. The number of pyridine rings is 2. The van der Waals surface area contributed by atoms with Crippen molar-refractivity contribution in [3.63, 3.8) is 0 Å². The summed E-state index contributed by atoms with van der Waals surface area (Å²) in [6, 6.07) is 6.93. The standard InChI is InChI=1S/C21H23ClN8O3/c1-11(15-4-3-7-24-18(15)22)33-21(32)27-19-17(28-29-30(19)2)16-6-5-14(10-25-16)26-20(31)12-8-13(23)9-12/h3-7,10-13H,8-9,23H2,1-2H3,(H,26,31)(H,27,32)/t11-,12-,13+/m1/s1. The largest absolute Gasteiger partial charge is 0.441 e. The Kier molecular flexibility index (Phi) is 6.52. The Morgan fingerprint density at radius 3 is 2.70 bits per heavy atom. The van der Waals surface area contributed by atoms with Gasteiger partial charge in [0.05, 0.1) is 17.6 Å². The van der Waals surface area contributed by atoms with E-state index in [9.17, 15) is 9.59 Å². The molecule has 3 aromatic rings. The predicted molar refractivity (Wildman–Crippen MR) is 121 cm³/mol. The fraction of sp³-hybridized carbons (Fsp3) is 0.333. The normalized spacial score (nSPS) is 18.2. The van der Waals surface area contributed by atoms with Crippen LogP contribution in [0.25, 0.3) is 11.4 Å². The monoisotopic (exact) mass is 470 g/mol. The van der Waals surface area contributed by atoms with Crippen molar-refractivity contribution in [1.82, 2.24) is 25.0 Å². The molecule has 4 N–H and O–H groups in total. The van der Waals surface area contributed by atoms with Gasteiger partial charge in [-0.2, -0.15) is 0 Å². The van der Waals surface area contributed by atoms with E-state index >= 15 is 0 Å². The van der Waals surface area contributed by atoms with Crippen LogP contribution < -0.4 is 16.4 Å². The quantitative estimate of drug-likeness (QED) is 0.465. The highest BCUT2D eigenvalue weighted by molar-refractivity contribution is 6.30. The molecule has 1 atom stereocenters. The Morgan fingerprint density at radius 2 is 2.03 bits per heavy atom. The van der Waals surface area contributed by atoms with Gasteiger partial charge in [0.15, 0.2) is 11.5 Å². The minimum absolute atomic E-state index is 0.0644. The zero-order chi connectivity index (χ0) is 23.5. The van der Waals surface area contributed by atoms with Crippen molar-refractivity contribution < 1.29 is 14.3 Å². The Hall–Kier alpha value is -3.57. The van der Waals surface area contributed by atoms with Crippen LogP contribution in [0.5, 0.6) is 0 Å². The van der Waals surface area contributed by atoms with E-state index in [1.165, 1.54) is 10.9 Å². The van der Waals surface area contributed by atoms with E-state index in [0.717, 1.165) is 0 Å². The average molecular weight is 471 g/mol. The molecule has 0 bridgehead atoms. The van der Waals surface area contributed by atoms with Gasteiger partial charge in [0, 0.05) is 30.8 Å². The van der Waals surface area contributed by atoms with Crippen LogP contribution in [-0.2, 0) is 16.6 Å². The van der Waals surface area contributed by atoms with Crippen LogP contribution in [0, 0.1) is 5.92 Å². The summed E-state index contributed by atoms with van der Waals surface area (Å²) in [6.45, 7) is 1.69. The first kappa shape index (κ1) is 22.6. The fourth-order valence-electron chi connectivity index (χ4n) is 3.45. The third kappa shape index (κ3) is 5.10. The number of hydrogen-bond acceptors (Lipinski definition) is 8. The summed E-state index contributed by atoms with van der Waals surface area (Å²) in [5.74, 6) is 0.168. The Morgan fingerprint density at radius 1 is 1.24 bits per heavy atom. The number of carbonyl (C=O) groups excluding carboxylic acids is 2. The number of anilines is 2. The molecule has 0 saturated heterocycles. The zero-order valence-corrected chi connectivity index (χ0v) is 18.8. The number of nitrogens with one attached hydrogen (secondary N) is 2. The molecule has 12 heteroatoms. The molecule has 3 heterocycles. The van der Waals surface area contributed by atoms with E-state index in [2.05, 4.69) is 30.9 Å². The first-order valence-corrected chi connectivity index (χ1v) is 10.7. The molecule has 0 spiro atoms.